The molecule has 5 heteroatoms. The van der Waals surface area contributed by atoms with Crippen LogP contribution in [0.15, 0.2) is 28.7 Å². The van der Waals surface area contributed by atoms with Gasteiger partial charge in [0.15, 0.2) is 0 Å². The van der Waals surface area contributed by atoms with Gasteiger partial charge in [-0.3, -0.25) is 5.10 Å². The highest BCUT2D eigenvalue weighted by molar-refractivity contribution is 9.10. The molecule has 0 amide bonds. The molecule has 17 heavy (non-hydrogen) atoms. The van der Waals surface area contributed by atoms with Gasteiger partial charge in [-0.05, 0) is 30.2 Å². The molecule has 2 rings (SSSR count). The van der Waals surface area contributed by atoms with E-state index in [4.69, 9.17) is 5.11 Å². The van der Waals surface area contributed by atoms with Crippen molar-refractivity contribution in [1.82, 2.24) is 10.2 Å². The number of hydrogen-bond acceptors (Lipinski definition) is 2. The summed E-state index contributed by atoms with van der Waals surface area (Å²) in [4.78, 5) is 10.8. The fraction of sp³-hybridized carbons (Fsp3) is 0.167. The molecule has 2 N–H and O–H groups in total. The first-order valence-electron chi connectivity index (χ1n) is 5.19. The molecule has 0 aliphatic rings. The third kappa shape index (κ3) is 2.39. The van der Waals surface area contributed by atoms with Gasteiger partial charge in [-0.2, -0.15) is 5.10 Å². The molecular weight excluding hydrogens is 284 g/mol. The number of carboxylic acid groups (broad SMARTS) is 1. The number of nitrogens with zero attached hydrogens (tertiary/aromatic N) is 1. The summed E-state index contributed by atoms with van der Waals surface area (Å²) >= 11 is 3.40. The SMILES string of the molecule is CCc1ccc(Br)cc1-c1cc(C(=O)O)[nH]n1. The second-order valence-electron chi connectivity index (χ2n) is 3.63. The van der Waals surface area contributed by atoms with Crippen molar-refractivity contribution in [2.24, 2.45) is 0 Å². The van der Waals surface area contributed by atoms with Crippen LogP contribution in [0.1, 0.15) is 23.0 Å². The number of carboxylic acids is 1. The van der Waals surface area contributed by atoms with Crippen molar-refractivity contribution in [1.29, 1.82) is 0 Å². The van der Waals surface area contributed by atoms with E-state index in [1.807, 2.05) is 18.2 Å². The van der Waals surface area contributed by atoms with Gasteiger partial charge in [-0.25, -0.2) is 4.79 Å². The summed E-state index contributed by atoms with van der Waals surface area (Å²) in [7, 11) is 0. The quantitative estimate of drug-likeness (QED) is 0.914. The van der Waals surface area contributed by atoms with E-state index in [9.17, 15) is 4.79 Å². The molecule has 0 radical (unpaired) electrons. The normalized spacial score (nSPS) is 10.5. The molecule has 0 atom stereocenters. The first-order chi connectivity index (χ1) is 8.11. The van der Waals surface area contributed by atoms with Crippen molar-refractivity contribution < 1.29 is 9.90 Å². The first-order valence-corrected chi connectivity index (χ1v) is 5.98. The molecule has 1 aromatic heterocycles. The molecule has 0 bridgehead atoms. The number of aromatic carboxylic acids is 1. The Morgan fingerprint density at radius 2 is 2.24 bits per heavy atom. The Hall–Kier alpha value is -1.62. The Balaban J connectivity index is 2.51. The van der Waals surface area contributed by atoms with Gasteiger partial charge in [0.05, 0.1) is 5.69 Å². The van der Waals surface area contributed by atoms with Crippen LogP contribution in [-0.4, -0.2) is 21.3 Å². The van der Waals surface area contributed by atoms with Crippen molar-refractivity contribution in [3.05, 3.63) is 40.0 Å². The number of H-pyrrole nitrogens is 1. The Morgan fingerprint density at radius 3 is 2.82 bits per heavy atom. The smallest absolute Gasteiger partial charge is 0.353 e. The van der Waals surface area contributed by atoms with Crippen molar-refractivity contribution in [3.8, 4) is 11.3 Å². The van der Waals surface area contributed by atoms with E-state index >= 15 is 0 Å². The van der Waals surface area contributed by atoms with Crippen LogP contribution >= 0.6 is 15.9 Å². The van der Waals surface area contributed by atoms with E-state index in [2.05, 4.69) is 33.1 Å². The third-order valence-corrected chi connectivity index (χ3v) is 3.03. The minimum atomic E-state index is -1.00. The Kier molecular flexibility index (Phi) is 3.28. The predicted octanol–water partition coefficient (Wildman–Crippen LogP) is 3.10. The summed E-state index contributed by atoms with van der Waals surface area (Å²) < 4.78 is 0.949. The van der Waals surface area contributed by atoms with Crippen LogP contribution in [0.4, 0.5) is 0 Å². The largest absolute Gasteiger partial charge is 0.477 e. The van der Waals surface area contributed by atoms with Crippen molar-refractivity contribution in [2.45, 2.75) is 13.3 Å². The monoisotopic (exact) mass is 294 g/mol. The van der Waals surface area contributed by atoms with Crippen LogP contribution in [0.3, 0.4) is 0 Å². The minimum absolute atomic E-state index is 0.0991. The molecule has 0 spiro atoms. The molecule has 1 aromatic carbocycles. The molecule has 0 saturated heterocycles. The second-order valence-corrected chi connectivity index (χ2v) is 4.54. The third-order valence-electron chi connectivity index (χ3n) is 2.54. The van der Waals surface area contributed by atoms with E-state index < -0.39 is 5.97 Å². The zero-order chi connectivity index (χ0) is 12.4. The molecule has 0 aliphatic carbocycles. The number of halogens is 1. The van der Waals surface area contributed by atoms with Gasteiger partial charge in [-0.15, -0.1) is 0 Å². The van der Waals surface area contributed by atoms with E-state index in [0.29, 0.717) is 5.69 Å². The maximum atomic E-state index is 10.8. The Morgan fingerprint density at radius 1 is 1.47 bits per heavy atom. The lowest BCUT2D eigenvalue weighted by Crippen LogP contribution is -1.95. The Bertz CT molecular complexity index is 563. The highest BCUT2D eigenvalue weighted by Gasteiger charge is 2.12. The molecule has 2 aromatic rings. The summed E-state index contributed by atoms with van der Waals surface area (Å²) in [5.41, 5.74) is 2.84. The number of benzene rings is 1. The average molecular weight is 295 g/mol. The molecule has 1 heterocycles. The van der Waals surface area contributed by atoms with Gasteiger partial charge in [0.1, 0.15) is 5.69 Å². The van der Waals surface area contributed by atoms with Crippen LogP contribution in [0.5, 0.6) is 0 Å². The minimum Gasteiger partial charge on any atom is -0.477 e. The molecule has 4 nitrogen and oxygen atoms in total. The fourth-order valence-electron chi connectivity index (χ4n) is 1.66. The second kappa shape index (κ2) is 4.71. The number of hydrogen-bond donors (Lipinski definition) is 2. The van der Waals surface area contributed by atoms with Gasteiger partial charge in [0.2, 0.25) is 0 Å². The zero-order valence-corrected chi connectivity index (χ0v) is 10.8. The number of aryl methyl sites for hydroxylation is 1. The maximum Gasteiger partial charge on any atom is 0.353 e. The summed E-state index contributed by atoms with van der Waals surface area (Å²) in [6, 6.07) is 7.46. The van der Waals surface area contributed by atoms with Crippen molar-refractivity contribution in [2.75, 3.05) is 0 Å². The van der Waals surface area contributed by atoms with Gasteiger partial charge in [0, 0.05) is 10.0 Å². The number of aromatic nitrogens is 2. The van der Waals surface area contributed by atoms with Crippen molar-refractivity contribution in [3.63, 3.8) is 0 Å². The number of aromatic amines is 1. The lowest BCUT2D eigenvalue weighted by molar-refractivity contribution is 0.0690. The number of carbonyl (C=O) groups is 1. The molecule has 0 saturated carbocycles. The maximum absolute atomic E-state index is 10.8. The number of rotatable bonds is 3. The van der Waals surface area contributed by atoms with Crippen LogP contribution < -0.4 is 0 Å². The van der Waals surface area contributed by atoms with Crippen LogP contribution in [0, 0.1) is 0 Å². The summed E-state index contributed by atoms with van der Waals surface area (Å²) in [5.74, 6) is -1.00. The van der Waals surface area contributed by atoms with E-state index in [0.717, 1.165) is 22.0 Å². The first kappa shape index (κ1) is 11.9. The predicted molar refractivity (Wildman–Crippen MR) is 68.1 cm³/mol. The molecule has 0 fully saturated rings. The highest BCUT2D eigenvalue weighted by atomic mass is 79.9. The molecular formula is C12H11BrN2O2. The lowest BCUT2D eigenvalue weighted by atomic mass is 10.0. The lowest BCUT2D eigenvalue weighted by Gasteiger charge is -2.05. The number of nitrogens with one attached hydrogen (secondary N) is 1. The summed E-state index contributed by atoms with van der Waals surface area (Å²) in [6.07, 6.45) is 0.873. The fourth-order valence-corrected chi connectivity index (χ4v) is 2.03. The van der Waals surface area contributed by atoms with Gasteiger partial charge < -0.3 is 5.11 Å². The summed E-state index contributed by atoms with van der Waals surface area (Å²) in [5, 5.41) is 15.4. The Labute approximate surface area is 107 Å². The van der Waals surface area contributed by atoms with Gasteiger partial charge in [0.25, 0.3) is 0 Å². The molecule has 0 unspecified atom stereocenters. The van der Waals surface area contributed by atoms with E-state index in [1.54, 1.807) is 6.07 Å². The van der Waals surface area contributed by atoms with Crippen LogP contribution in [-0.2, 0) is 6.42 Å². The van der Waals surface area contributed by atoms with Crippen LogP contribution in [0.2, 0.25) is 0 Å². The standard InChI is InChI=1S/C12H11BrN2O2/c1-2-7-3-4-8(13)5-9(7)10-6-11(12(16)17)15-14-10/h3-6H,2H2,1H3,(H,14,15)(H,16,17). The van der Waals surface area contributed by atoms with E-state index in [1.165, 1.54) is 0 Å². The zero-order valence-electron chi connectivity index (χ0n) is 9.20. The van der Waals surface area contributed by atoms with Gasteiger partial charge in [-0.1, -0.05) is 28.9 Å². The van der Waals surface area contributed by atoms with E-state index in [-0.39, 0.29) is 5.69 Å². The highest BCUT2D eigenvalue weighted by Crippen LogP contribution is 2.26. The molecule has 0 aliphatic heterocycles. The van der Waals surface area contributed by atoms with Gasteiger partial charge >= 0.3 is 5.97 Å². The molecule has 88 valence electrons. The summed E-state index contributed by atoms with van der Waals surface area (Å²) in [6.45, 7) is 2.05. The van der Waals surface area contributed by atoms with Crippen molar-refractivity contribution >= 4 is 21.9 Å². The van der Waals surface area contributed by atoms with Crippen LogP contribution in [0.25, 0.3) is 11.3 Å². The average Bonchev–Trinajstić information content (AvgIpc) is 2.78. The topological polar surface area (TPSA) is 66.0 Å².